The summed E-state index contributed by atoms with van der Waals surface area (Å²) in [4.78, 5) is 40.0. The number of benzene rings is 1. The molecular weight excluding hydrogens is 983 g/mol. The van der Waals surface area contributed by atoms with Gasteiger partial charge in [-0.15, -0.1) is 0 Å². The molecule has 1 aromatic carbocycles. The van der Waals surface area contributed by atoms with E-state index in [1.807, 2.05) is 32.9 Å². The van der Waals surface area contributed by atoms with E-state index in [9.17, 15) is 50.1 Å². The van der Waals surface area contributed by atoms with Crippen LogP contribution in [0.5, 0.6) is 11.5 Å². The molecule has 18 nitrogen and oxygen atoms in total. The first kappa shape index (κ1) is 60.7. The van der Waals surface area contributed by atoms with Crippen LogP contribution in [-0.2, 0) is 53.9 Å². The molecule has 0 aliphatic carbocycles. The van der Waals surface area contributed by atoms with E-state index in [0.29, 0.717) is 23.1 Å². The highest BCUT2D eigenvalue weighted by molar-refractivity contribution is 6.39. The van der Waals surface area contributed by atoms with E-state index in [4.69, 9.17) is 61.1 Å². The van der Waals surface area contributed by atoms with Crippen molar-refractivity contribution in [3.63, 3.8) is 0 Å². The van der Waals surface area contributed by atoms with Crippen molar-refractivity contribution in [1.82, 2.24) is 0 Å². The normalized spacial score (nSPS) is 34.8. The van der Waals surface area contributed by atoms with Crippen molar-refractivity contribution in [2.45, 2.75) is 187 Å². The molecule has 0 spiro atoms. The third-order valence-corrected chi connectivity index (χ3v) is 13.8. The topological polar surface area (TPSA) is 267 Å². The van der Waals surface area contributed by atoms with Gasteiger partial charge in [0.05, 0.1) is 47.5 Å². The SMILES string of the molecule is CCc1c(Cl)c(O)c(Cl)c(O)c1C(=O)O[C@H]1[C@@H](O)[C@H](OC)[C@H](OC/C2=C\C=C\CC(O)/C(C)=C/C(CC)C(O[C@@H]3OC(C)(C)[C@@H](OC(=O)C(C)C)[C@H](O)[C@@H]3O)/C(C)=C/C(C)=C/CC(C(C)O)OC2=O)O[C@@H]1C. The fraction of sp³-hybridized carbons (Fsp3) is 0.635. The molecule has 3 aliphatic heterocycles. The fourth-order valence-electron chi connectivity index (χ4n) is 8.60. The molecule has 14 atom stereocenters. The predicted octanol–water partition coefficient (Wildman–Crippen LogP) is 6.23. The average Bonchev–Trinajstić information content (AvgIpc) is 3.32. The first-order valence-electron chi connectivity index (χ1n) is 24.2. The number of carbonyl (C=O) groups is 3. The van der Waals surface area contributed by atoms with Gasteiger partial charge in [0.2, 0.25) is 0 Å². The number of carbonyl (C=O) groups excluding carboxylic acids is 3. The maximum atomic E-state index is 13.9. The molecule has 72 heavy (non-hydrogen) atoms. The highest BCUT2D eigenvalue weighted by Crippen LogP contribution is 2.45. The van der Waals surface area contributed by atoms with E-state index in [-0.39, 0.29) is 35.4 Å². The molecule has 0 bridgehead atoms. The Hall–Kier alpha value is -3.89. The second-order valence-corrected chi connectivity index (χ2v) is 20.1. The van der Waals surface area contributed by atoms with Crippen LogP contribution in [0.1, 0.15) is 111 Å². The highest BCUT2D eigenvalue weighted by atomic mass is 35.5. The molecule has 404 valence electrons. The third-order valence-electron chi connectivity index (χ3n) is 13.0. The predicted molar refractivity (Wildman–Crippen MR) is 265 cm³/mol. The van der Waals surface area contributed by atoms with Gasteiger partial charge in [-0.1, -0.05) is 86.9 Å². The number of cyclic esters (lactones) is 1. The standard InChI is InChI=1S/C52H74Cl2O18/c1-13-30-22-26(6)33(56)18-16-15-17-31(23-66-51-45(65-12)42(61)44(29(9)67-51)69-49(64)35-32(14-2)36(53)39(58)37(54)38(35)57)48(63)68-34(28(8)55)20-19-25(5)21-27(7)43(30)70-50-41(60)40(59)46(52(10,11)72-50)71-47(62)24(3)4/h15-17,19,21-22,24,28-30,33-34,40-46,50-51,55-61H,13-14,18,20,23H2,1-12H3/b16-15+,25-19+,26-22+,27-21+,31-17+/t28?,29-,30?,33?,34?,40-,41+,42-,43?,44-,45+,46+,50-,51-/m1/s1. The van der Waals surface area contributed by atoms with Crippen molar-refractivity contribution in [1.29, 1.82) is 0 Å². The van der Waals surface area contributed by atoms with Gasteiger partial charge in [0.1, 0.15) is 46.7 Å². The van der Waals surface area contributed by atoms with Crippen LogP contribution in [0.2, 0.25) is 10.0 Å². The number of ether oxygens (including phenoxy) is 8. The molecule has 5 unspecified atom stereocenters. The summed E-state index contributed by atoms with van der Waals surface area (Å²) < 4.78 is 47.5. The van der Waals surface area contributed by atoms with Crippen LogP contribution in [0.4, 0.5) is 0 Å². The average molecular weight is 1060 g/mol. The lowest BCUT2D eigenvalue weighted by atomic mass is 9.88. The maximum absolute atomic E-state index is 13.9. The summed E-state index contributed by atoms with van der Waals surface area (Å²) in [6.45, 7) is 18.1. The number of aromatic hydroxyl groups is 2. The molecule has 0 radical (unpaired) electrons. The first-order chi connectivity index (χ1) is 33.7. The molecule has 3 heterocycles. The number of esters is 3. The summed E-state index contributed by atoms with van der Waals surface area (Å²) in [7, 11) is 1.26. The minimum atomic E-state index is -1.61. The van der Waals surface area contributed by atoms with Crippen LogP contribution in [0, 0.1) is 11.8 Å². The lowest BCUT2D eigenvalue weighted by Crippen LogP contribution is -2.64. The van der Waals surface area contributed by atoms with Crippen LogP contribution in [0.25, 0.3) is 0 Å². The zero-order valence-corrected chi connectivity index (χ0v) is 44.5. The second-order valence-electron chi connectivity index (χ2n) is 19.4. The molecule has 0 amide bonds. The lowest BCUT2D eigenvalue weighted by molar-refractivity contribution is -0.333. The molecule has 0 aromatic heterocycles. The quantitative estimate of drug-likeness (QED) is 0.0655. The molecule has 0 saturated carbocycles. The van der Waals surface area contributed by atoms with E-state index in [0.717, 1.165) is 0 Å². The van der Waals surface area contributed by atoms with Gasteiger partial charge in [-0.05, 0) is 90.5 Å². The van der Waals surface area contributed by atoms with Crippen molar-refractivity contribution in [2.75, 3.05) is 13.7 Å². The zero-order chi connectivity index (χ0) is 54.1. The van der Waals surface area contributed by atoms with Crippen LogP contribution in [-0.4, -0.2) is 153 Å². The molecule has 1 aromatic rings. The number of methoxy groups -OCH3 is 1. The van der Waals surface area contributed by atoms with Gasteiger partial charge >= 0.3 is 17.9 Å². The van der Waals surface area contributed by atoms with E-state index < -0.39 is 144 Å². The van der Waals surface area contributed by atoms with Gasteiger partial charge in [0, 0.05) is 19.4 Å². The van der Waals surface area contributed by atoms with Crippen LogP contribution < -0.4 is 0 Å². The molecule has 20 heteroatoms. The summed E-state index contributed by atoms with van der Waals surface area (Å²) in [5.41, 5.74) is 0.318. The number of aliphatic hydroxyl groups is 5. The Morgan fingerprint density at radius 1 is 0.903 bits per heavy atom. The first-order valence-corrected chi connectivity index (χ1v) is 24.9. The summed E-state index contributed by atoms with van der Waals surface area (Å²) in [5, 5.41) is 76.5. The Bertz CT molecular complexity index is 2220. The molecule has 2 fully saturated rings. The Morgan fingerprint density at radius 2 is 1.57 bits per heavy atom. The van der Waals surface area contributed by atoms with E-state index in [2.05, 4.69) is 0 Å². The van der Waals surface area contributed by atoms with E-state index in [1.165, 1.54) is 33.1 Å². The number of halogens is 2. The van der Waals surface area contributed by atoms with Gasteiger partial charge in [-0.2, -0.15) is 0 Å². The smallest absolute Gasteiger partial charge is 0.342 e. The minimum absolute atomic E-state index is 0.0372. The van der Waals surface area contributed by atoms with Crippen molar-refractivity contribution in [3.05, 3.63) is 79.9 Å². The second kappa shape index (κ2) is 26.5. The van der Waals surface area contributed by atoms with E-state index >= 15 is 0 Å². The summed E-state index contributed by atoms with van der Waals surface area (Å²) in [5.74, 6) is -4.78. The molecule has 3 aliphatic rings. The van der Waals surface area contributed by atoms with Gasteiger partial charge < -0.3 is 73.6 Å². The lowest BCUT2D eigenvalue weighted by Gasteiger charge is -2.47. The maximum Gasteiger partial charge on any atom is 0.342 e. The minimum Gasteiger partial charge on any atom is -0.505 e. The Kier molecular flexibility index (Phi) is 22.4. The Labute approximate surface area is 431 Å². The Morgan fingerprint density at radius 3 is 2.17 bits per heavy atom. The van der Waals surface area contributed by atoms with Crippen molar-refractivity contribution in [2.24, 2.45) is 11.8 Å². The van der Waals surface area contributed by atoms with Crippen molar-refractivity contribution < 1.29 is 88.0 Å². The number of phenols is 2. The number of hydrogen-bond acceptors (Lipinski definition) is 18. The fourth-order valence-corrected chi connectivity index (χ4v) is 9.16. The number of aliphatic hydroxyl groups excluding tert-OH is 5. The highest BCUT2D eigenvalue weighted by Gasteiger charge is 2.53. The van der Waals surface area contributed by atoms with Gasteiger partial charge in [0.25, 0.3) is 0 Å². The van der Waals surface area contributed by atoms with Crippen LogP contribution in [0.15, 0.2) is 58.7 Å². The van der Waals surface area contributed by atoms with Crippen LogP contribution in [0.3, 0.4) is 0 Å². The van der Waals surface area contributed by atoms with E-state index in [1.54, 1.807) is 53.7 Å². The molecular formula is C52H74Cl2O18. The van der Waals surface area contributed by atoms with Gasteiger partial charge in [-0.3, -0.25) is 4.79 Å². The monoisotopic (exact) mass is 1060 g/mol. The van der Waals surface area contributed by atoms with Gasteiger partial charge in [0.15, 0.2) is 36.3 Å². The summed E-state index contributed by atoms with van der Waals surface area (Å²) >= 11 is 12.3. The largest absolute Gasteiger partial charge is 0.505 e. The molecule has 4 rings (SSSR count). The number of allylic oxidation sites excluding steroid dienone is 4. The summed E-state index contributed by atoms with van der Waals surface area (Å²) in [6, 6.07) is 0. The van der Waals surface area contributed by atoms with Crippen LogP contribution >= 0.6 is 23.2 Å². The molecule has 2 saturated heterocycles. The van der Waals surface area contributed by atoms with Crippen molar-refractivity contribution in [3.8, 4) is 11.5 Å². The third kappa shape index (κ3) is 14.7. The van der Waals surface area contributed by atoms with Crippen molar-refractivity contribution >= 4 is 41.1 Å². The Balaban J connectivity index is 1.61. The zero-order valence-electron chi connectivity index (χ0n) is 43.0. The number of phenolic OH excluding ortho intramolecular Hbond substituents is 2. The number of hydrogen-bond donors (Lipinski definition) is 7. The summed E-state index contributed by atoms with van der Waals surface area (Å²) in [6.07, 6.45) is -5.45. The molecule has 7 N–H and O–H groups in total. The van der Waals surface area contributed by atoms with Gasteiger partial charge in [-0.25, -0.2) is 9.59 Å². The number of rotatable bonds is 13.